The topological polar surface area (TPSA) is 73.0 Å². The summed E-state index contributed by atoms with van der Waals surface area (Å²) in [6, 6.07) is 17.5. The number of amides is 1. The van der Waals surface area contributed by atoms with Crippen LogP contribution in [0.1, 0.15) is 27.4 Å². The van der Waals surface area contributed by atoms with Crippen LogP contribution in [0, 0.1) is 0 Å². The van der Waals surface area contributed by atoms with Crippen molar-refractivity contribution in [2.24, 2.45) is 0 Å². The molecule has 1 aliphatic rings. The molecule has 2 aromatic carbocycles. The van der Waals surface area contributed by atoms with E-state index in [0.29, 0.717) is 39.8 Å². The lowest BCUT2D eigenvalue weighted by molar-refractivity contribution is -0.142. The largest absolute Gasteiger partial charge is 0.469 e. The Morgan fingerprint density at radius 1 is 1.03 bits per heavy atom. The van der Waals surface area contributed by atoms with E-state index in [1.165, 1.54) is 22.3 Å². The van der Waals surface area contributed by atoms with E-state index in [9.17, 15) is 18.0 Å². The number of alkyl halides is 3. The van der Waals surface area contributed by atoms with Crippen molar-refractivity contribution in [1.82, 2.24) is 14.8 Å². The fourth-order valence-corrected chi connectivity index (χ4v) is 5.07. The number of fused-ring (bicyclic) bond motifs is 3. The number of furan rings is 1. The number of benzene rings is 2. The minimum absolute atomic E-state index is 0.149. The molecule has 3 heterocycles. The molecule has 10 heteroatoms. The van der Waals surface area contributed by atoms with Crippen LogP contribution in [0.15, 0.2) is 76.7 Å². The summed E-state index contributed by atoms with van der Waals surface area (Å²) in [4.78, 5) is 17.2. The SMILES string of the molecule is O=C(Nc1nc(-c2ccccc2)cs1)c1ccc(-n2nc(C(F)(F)F)c3c2-c2ccoc2CC3)cc1. The van der Waals surface area contributed by atoms with E-state index in [-0.39, 0.29) is 17.9 Å². The highest BCUT2D eigenvalue weighted by Gasteiger charge is 2.41. The van der Waals surface area contributed by atoms with Gasteiger partial charge < -0.3 is 4.42 Å². The van der Waals surface area contributed by atoms with Gasteiger partial charge in [-0.3, -0.25) is 10.1 Å². The second-order valence-corrected chi connectivity index (χ2v) is 9.11. The van der Waals surface area contributed by atoms with Gasteiger partial charge in [0.05, 0.1) is 23.3 Å². The molecule has 0 unspecified atom stereocenters. The third kappa shape index (κ3) is 3.89. The highest BCUT2D eigenvalue weighted by molar-refractivity contribution is 7.14. The summed E-state index contributed by atoms with van der Waals surface area (Å²) in [5.74, 6) is 0.262. The number of hydrogen-bond acceptors (Lipinski definition) is 5. The van der Waals surface area contributed by atoms with E-state index < -0.39 is 11.9 Å². The van der Waals surface area contributed by atoms with E-state index in [1.54, 1.807) is 30.3 Å². The Hall–Kier alpha value is -4.18. The molecule has 0 saturated heterocycles. The van der Waals surface area contributed by atoms with Gasteiger partial charge in [-0.1, -0.05) is 30.3 Å². The zero-order chi connectivity index (χ0) is 24.9. The lowest BCUT2D eigenvalue weighted by Gasteiger charge is -2.15. The van der Waals surface area contributed by atoms with Crippen molar-refractivity contribution in [2.45, 2.75) is 19.0 Å². The van der Waals surface area contributed by atoms with Crippen LogP contribution in [0.3, 0.4) is 0 Å². The number of anilines is 1. The molecule has 36 heavy (non-hydrogen) atoms. The average molecular weight is 507 g/mol. The highest BCUT2D eigenvalue weighted by atomic mass is 32.1. The van der Waals surface area contributed by atoms with Crippen LogP contribution in [0.4, 0.5) is 18.3 Å². The summed E-state index contributed by atoms with van der Waals surface area (Å²) >= 11 is 1.31. The lowest BCUT2D eigenvalue weighted by Crippen LogP contribution is -2.12. The van der Waals surface area contributed by atoms with Crippen LogP contribution in [0.25, 0.3) is 28.2 Å². The van der Waals surface area contributed by atoms with Gasteiger partial charge in [0, 0.05) is 34.1 Å². The second-order valence-electron chi connectivity index (χ2n) is 8.25. The molecular weight excluding hydrogens is 489 g/mol. The number of carbonyl (C=O) groups is 1. The number of aryl methyl sites for hydroxylation is 1. The smallest absolute Gasteiger partial charge is 0.435 e. The van der Waals surface area contributed by atoms with Crippen molar-refractivity contribution < 1.29 is 22.4 Å². The molecule has 3 aromatic heterocycles. The van der Waals surface area contributed by atoms with E-state index in [1.807, 2.05) is 35.7 Å². The quantitative estimate of drug-likeness (QED) is 0.297. The van der Waals surface area contributed by atoms with Crippen molar-refractivity contribution in [2.75, 3.05) is 5.32 Å². The molecule has 0 bridgehead atoms. The molecule has 0 aliphatic heterocycles. The Labute approximate surface area is 207 Å². The molecule has 0 radical (unpaired) electrons. The molecule has 6 rings (SSSR count). The minimum atomic E-state index is -4.58. The maximum Gasteiger partial charge on any atom is 0.435 e. The van der Waals surface area contributed by atoms with E-state index >= 15 is 0 Å². The van der Waals surface area contributed by atoms with Crippen LogP contribution in [-0.2, 0) is 19.0 Å². The molecular formula is C26H17F3N4O2S. The van der Waals surface area contributed by atoms with Gasteiger partial charge in [-0.25, -0.2) is 9.67 Å². The van der Waals surface area contributed by atoms with Crippen LogP contribution >= 0.6 is 11.3 Å². The summed E-state index contributed by atoms with van der Waals surface area (Å²) in [5, 5.41) is 9.01. The Kier molecular flexibility index (Phi) is 5.26. The molecule has 1 amide bonds. The Balaban J connectivity index is 1.28. The fraction of sp³-hybridized carbons (Fsp3) is 0.115. The van der Waals surface area contributed by atoms with E-state index in [4.69, 9.17) is 4.42 Å². The monoisotopic (exact) mass is 506 g/mol. The third-order valence-corrected chi connectivity index (χ3v) is 6.78. The van der Waals surface area contributed by atoms with Gasteiger partial charge in [-0.15, -0.1) is 11.3 Å². The maximum atomic E-state index is 13.7. The van der Waals surface area contributed by atoms with Gasteiger partial charge in [0.15, 0.2) is 10.8 Å². The normalized spacial score (nSPS) is 12.8. The number of aromatic nitrogens is 3. The zero-order valence-corrected chi connectivity index (χ0v) is 19.4. The van der Waals surface area contributed by atoms with Gasteiger partial charge in [-0.05, 0) is 36.8 Å². The number of nitrogens with one attached hydrogen (secondary N) is 1. The molecule has 5 aromatic rings. The zero-order valence-electron chi connectivity index (χ0n) is 18.5. The van der Waals surface area contributed by atoms with Gasteiger partial charge >= 0.3 is 6.18 Å². The predicted molar refractivity (Wildman–Crippen MR) is 129 cm³/mol. The highest BCUT2D eigenvalue weighted by Crippen LogP contribution is 2.42. The summed E-state index contributed by atoms with van der Waals surface area (Å²) in [7, 11) is 0. The Morgan fingerprint density at radius 2 is 1.81 bits per heavy atom. The van der Waals surface area contributed by atoms with Gasteiger partial charge in [0.2, 0.25) is 0 Å². The number of thiazole rings is 1. The fourth-order valence-electron chi connectivity index (χ4n) is 4.36. The molecule has 0 saturated carbocycles. The summed E-state index contributed by atoms with van der Waals surface area (Å²) in [6.45, 7) is 0. The van der Waals surface area contributed by atoms with Crippen LogP contribution < -0.4 is 5.32 Å². The van der Waals surface area contributed by atoms with Gasteiger partial charge in [-0.2, -0.15) is 18.3 Å². The Morgan fingerprint density at radius 3 is 2.56 bits per heavy atom. The lowest BCUT2D eigenvalue weighted by atomic mass is 9.94. The molecule has 6 nitrogen and oxygen atoms in total. The van der Waals surface area contributed by atoms with Crippen LogP contribution in [0.5, 0.6) is 0 Å². The van der Waals surface area contributed by atoms with Crippen molar-refractivity contribution >= 4 is 22.4 Å². The maximum absolute atomic E-state index is 13.7. The van der Waals surface area contributed by atoms with Crippen molar-refractivity contribution in [3.05, 3.63) is 94.9 Å². The van der Waals surface area contributed by atoms with Crippen molar-refractivity contribution in [1.29, 1.82) is 0 Å². The molecule has 180 valence electrons. The van der Waals surface area contributed by atoms with Crippen LogP contribution in [-0.4, -0.2) is 20.7 Å². The average Bonchev–Trinajstić information content (AvgIpc) is 3.62. The first kappa shape index (κ1) is 22.3. The van der Waals surface area contributed by atoms with E-state index in [0.717, 1.165) is 11.3 Å². The van der Waals surface area contributed by atoms with Crippen LogP contribution in [0.2, 0.25) is 0 Å². The minimum Gasteiger partial charge on any atom is -0.469 e. The van der Waals surface area contributed by atoms with E-state index in [2.05, 4.69) is 15.4 Å². The van der Waals surface area contributed by atoms with Crippen molar-refractivity contribution in [3.8, 4) is 28.2 Å². The first-order valence-electron chi connectivity index (χ1n) is 11.1. The second kappa shape index (κ2) is 8.49. The molecule has 1 aliphatic carbocycles. The van der Waals surface area contributed by atoms with Gasteiger partial charge in [0.25, 0.3) is 5.91 Å². The molecule has 1 N–H and O–H groups in total. The summed E-state index contributed by atoms with van der Waals surface area (Å²) in [5.41, 5.74) is 2.67. The summed E-state index contributed by atoms with van der Waals surface area (Å²) in [6.07, 6.45) is -2.54. The molecule has 0 fully saturated rings. The molecule has 0 spiro atoms. The third-order valence-electron chi connectivity index (χ3n) is 6.02. The molecule has 0 atom stereocenters. The summed E-state index contributed by atoms with van der Waals surface area (Å²) < 4.78 is 47.9. The standard InChI is InChI=1S/C26H17F3N4O2S/c27-26(28,29)23-19-10-11-21-18(12-13-35-21)22(19)33(32-23)17-8-6-16(7-9-17)24(34)31-25-30-20(14-36-25)15-4-2-1-3-5-15/h1-9,12-14H,10-11H2,(H,30,31,34). The number of rotatable bonds is 4. The number of halogens is 3. The van der Waals surface area contributed by atoms with Gasteiger partial charge in [0.1, 0.15) is 5.76 Å². The number of carbonyl (C=O) groups excluding carboxylic acids is 1. The van der Waals surface area contributed by atoms with Crippen molar-refractivity contribution in [3.63, 3.8) is 0 Å². The number of nitrogens with zero attached hydrogens (tertiary/aromatic N) is 3. The predicted octanol–water partition coefficient (Wildman–Crippen LogP) is 6.63. The number of hydrogen-bond donors (Lipinski definition) is 1. The first-order chi connectivity index (χ1) is 17.4. The first-order valence-corrected chi connectivity index (χ1v) is 11.9. The Bertz CT molecular complexity index is 1570.